The molecule has 0 unspecified atom stereocenters. The van der Waals surface area contributed by atoms with Crippen molar-refractivity contribution in [2.24, 2.45) is 5.10 Å². The highest BCUT2D eigenvalue weighted by molar-refractivity contribution is 7.89. The van der Waals surface area contributed by atoms with Crippen LogP contribution in [-0.2, 0) is 10.0 Å². The average molecular weight is 336 g/mol. The molecule has 2 fully saturated rings. The topological polar surface area (TPSA) is 83.5 Å². The van der Waals surface area contributed by atoms with E-state index >= 15 is 0 Å². The molecular weight excluding hydrogens is 312 g/mol. The monoisotopic (exact) mass is 336 g/mol. The average Bonchev–Trinajstić information content (AvgIpc) is 3.06. The Kier molecular flexibility index (Phi) is 5.27. The molecule has 1 aromatic rings. The Hall–Kier alpha value is -1.47. The summed E-state index contributed by atoms with van der Waals surface area (Å²) < 4.78 is 27.4. The van der Waals surface area contributed by atoms with Crippen LogP contribution in [0.15, 0.2) is 28.3 Å². The molecule has 2 aliphatic rings. The number of hydrazone groups is 1. The van der Waals surface area contributed by atoms with Crippen LogP contribution >= 0.6 is 0 Å². The Morgan fingerprint density at radius 1 is 1.04 bits per heavy atom. The predicted molar refractivity (Wildman–Crippen MR) is 91.0 cm³/mol. The zero-order valence-electron chi connectivity index (χ0n) is 13.3. The lowest BCUT2D eigenvalue weighted by molar-refractivity contribution is 0.552. The van der Waals surface area contributed by atoms with Crippen molar-refractivity contribution in [2.75, 3.05) is 5.43 Å². The van der Waals surface area contributed by atoms with Gasteiger partial charge in [-0.05, 0) is 50.7 Å². The van der Waals surface area contributed by atoms with Gasteiger partial charge in [-0.15, -0.1) is 0 Å². The van der Waals surface area contributed by atoms with Gasteiger partial charge in [-0.2, -0.15) is 5.10 Å². The molecule has 23 heavy (non-hydrogen) atoms. The van der Waals surface area contributed by atoms with Gasteiger partial charge in [0.15, 0.2) is 0 Å². The van der Waals surface area contributed by atoms with E-state index < -0.39 is 10.0 Å². The predicted octanol–water partition coefficient (Wildman–Crippen LogP) is 3.03. The van der Waals surface area contributed by atoms with Gasteiger partial charge in [-0.3, -0.25) is 5.43 Å². The van der Waals surface area contributed by atoms with Gasteiger partial charge in [0, 0.05) is 18.0 Å². The van der Waals surface area contributed by atoms with Gasteiger partial charge in [0.2, 0.25) is 10.0 Å². The minimum Gasteiger partial charge on any atom is -0.261 e. The molecule has 1 heterocycles. The fraction of sp³-hybridized carbons (Fsp3) is 0.625. The van der Waals surface area contributed by atoms with Gasteiger partial charge in [0.1, 0.15) is 10.7 Å². The zero-order chi connectivity index (χ0) is 16.1. The highest BCUT2D eigenvalue weighted by Crippen LogP contribution is 2.20. The van der Waals surface area contributed by atoms with Crippen LogP contribution in [0, 0.1) is 0 Å². The molecule has 0 saturated heterocycles. The Bertz CT molecular complexity index is 641. The molecule has 126 valence electrons. The van der Waals surface area contributed by atoms with E-state index in [0.717, 1.165) is 44.2 Å². The third-order valence-electron chi connectivity index (χ3n) is 4.48. The first kappa shape index (κ1) is 16.4. The van der Waals surface area contributed by atoms with Crippen LogP contribution in [0.1, 0.15) is 57.8 Å². The summed E-state index contributed by atoms with van der Waals surface area (Å²) in [4.78, 5) is 4.38. The first-order valence-electron chi connectivity index (χ1n) is 8.43. The highest BCUT2D eigenvalue weighted by atomic mass is 32.2. The van der Waals surface area contributed by atoms with Crippen molar-refractivity contribution in [1.82, 2.24) is 9.71 Å². The number of aromatic nitrogens is 1. The Morgan fingerprint density at radius 3 is 2.43 bits per heavy atom. The molecule has 1 aromatic heterocycles. The van der Waals surface area contributed by atoms with Gasteiger partial charge >= 0.3 is 0 Å². The first-order chi connectivity index (χ1) is 11.1. The van der Waals surface area contributed by atoms with E-state index in [0.29, 0.717) is 5.82 Å². The minimum atomic E-state index is -3.47. The van der Waals surface area contributed by atoms with Gasteiger partial charge < -0.3 is 0 Å². The van der Waals surface area contributed by atoms with E-state index in [2.05, 4.69) is 20.2 Å². The van der Waals surface area contributed by atoms with Crippen molar-refractivity contribution in [3.63, 3.8) is 0 Å². The van der Waals surface area contributed by atoms with Gasteiger partial charge in [-0.1, -0.05) is 19.3 Å². The minimum absolute atomic E-state index is 0.0653. The summed E-state index contributed by atoms with van der Waals surface area (Å²) in [7, 11) is -3.47. The van der Waals surface area contributed by atoms with Gasteiger partial charge in [0.25, 0.3) is 0 Å². The molecule has 0 atom stereocenters. The molecule has 7 heteroatoms. The van der Waals surface area contributed by atoms with Crippen molar-refractivity contribution in [1.29, 1.82) is 0 Å². The summed E-state index contributed by atoms with van der Waals surface area (Å²) in [5, 5.41) is 4.37. The lowest BCUT2D eigenvalue weighted by atomic mass is 9.99. The highest BCUT2D eigenvalue weighted by Gasteiger charge is 2.23. The molecule has 6 nitrogen and oxygen atoms in total. The first-order valence-corrected chi connectivity index (χ1v) is 9.92. The normalized spacial score (nSPS) is 19.7. The Balaban J connectivity index is 1.61. The molecule has 0 bridgehead atoms. The van der Waals surface area contributed by atoms with E-state index in [1.54, 1.807) is 12.1 Å². The molecule has 0 amide bonds. The van der Waals surface area contributed by atoms with E-state index in [-0.39, 0.29) is 10.9 Å². The summed E-state index contributed by atoms with van der Waals surface area (Å²) >= 11 is 0. The lowest BCUT2D eigenvalue weighted by Gasteiger charge is -2.13. The second-order valence-electron chi connectivity index (χ2n) is 6.33. The van der Waals surface area contributed by atoms with Crippen LogP contribution < -0.4 is 10.1 Å². The molecule has 0 aromatic carbocycles. The standard InChI is InChI=1S/C16H24N4O2S/c21-23(22,20-14-8-4-5-9-14)15-10-11-16(17-12-15)19-18-13-6-2-1-3-7-13/h10-12,14,20H,1-9H2,(H,17,19). The third kappa shape index (κ3) is 4.51. The van der Waals surface area contributed by atoms with Gasteiger partial charge in [-0.25, -0.2) is 18.1 Å². The quantitative estimate of drug-likeness (QED) is 0.810. The Labute approximate surface area is 137 Å². The van der Waals surface area contributed by atoms with Crippen molar-refractivity contribution in [3.05, 3.63) is 18.3 Å². The summed E-state index contributed by atoms with van der Waals surface area (Å²) in [6.45, 7) is 0. The molecular formula is C16H24N4O2S. The van der Waals surface area contributed by atoms with Crippen molar-refractivity contribution >= 4 is 21.6 Å². The van der Waals surface area contributed by atoms with Crippen LogP contribution in [-0.4, -0.2) is 25.2 Å². The number of rotatable bonds is 5. The maximum atomic E-state index is 12.3. The van der Waals surface area contributed by atoms with Crippen molar-refractivity contribution in [3.8, 4) is 0 Å². The van der Waals surface area contributed by atoms with E-state index in [9.17, 15) is 8.42 Å². The number of nitrogens with one attached hydrogen (secondary N) is 2. The van der Waals surface area contributed by atoms with Crippen LogP contribution in [0.3, 0.4) is 0 Å². The van der Waals surface area contributed by atoms with Crippen LogP contribution in [0.2, 0.25) is 0 Å². The fourth-order valence-corrected chi connectivity index (χ4v) is 4.39. The number of hydrogen-bond donors (Lipinski definition) is 2. The molecule has 2 aliphatic carbocycles. The molecule has 2 saturated carbocycles. The summed E-state index contributed by atoms with van der Waals surface area (Å²) in [6.07, 6.45) is 11.1. The zero-order valence-corrected chi connectivity index (χ0v) is 14.1. The van der Waals surface area contributed by atoms with Crippen molar-refractivity contribution < 1.29 is 8.42 Å². The molecule has 0 radical (unpaired) electrons. The van der Waals surface area contributed by atoms with Crippen LogP contribution in [0.5, 0.6) is 0 Å². The third-order valence-corrected chi connectivity index (χ3v) is 5.99. The maximum Gasteiger partial charge on any atom is 0.242 e. The fourth-order valence-electron chi connectivity index (χ4n) is 3.14. The number of anilines is 1. The molecule has 0 aliphatic heterocycles. The number of hydrogen-bond acceptors (Lipinski definition) is 5. The molecule has 0 spiro atoms. The summed E-state index contributed by atoms with van der Waals surface area (Å²) in [5.41, 5.74) is 4.09. The second kappa shape index (κ2) is 7.40. The van der Waals surface area contributed by atoms with E-state index in [4.69, 9.17) is 0 Å². The SMILES string of the molecule is O=S(=O)(NC1CCCC1)c1ccc(NN=C2CCCCC2)nc1. The maximum absolute atomic E-state index is 12.3. The Morgan fingerprint density at radius 2 is 1.78 bits per heavy atom. The lowest BCUT2D eigenvalue weighted by Crippen LogP contribution is -2.32. The summed E-state index contributed by atoms with van der Waals surface area (Å²) in [5.74, 6) is 0.572. The van der Waals surface area contributed by atoms with Gasteiger partial charge in [0.05, 0.1) is 0 Å². The second-order valence-corrected chi connectivity index (χ2v) is 8.05. The number of sulfonamides is 1. The van der Waals surface area contributed by atoms with E-state index in [1.807, 2.05) is 0 Å². The molecule has 3 rings (SSSR count). The van der Waals surface area contributed by atoms with Crippen LogP contribution in [0.25, 0.3) is 0 Å². The van der Waals surface area contributed by atoms with Crippen LogP contribution in [0.4, 0.5) is 5.82 Å². The number of pyridine rings is 1. The largest absolute Gasteiger partial charge is 0.261 e. The summed E-state index contributed by atoms with van der Waals surface area (Å²) in [6, 6.07) is 3.31. The smallest absolute Gasteiger partial charge is 0.242 e. The number of nitrogens with zero attached hydrogens (tertiary/aromatic N) is 2. The van der Waals surface area contributed by atoms with Crippen molar-refractivity contribution in [2.45, 2.75) is 68.7 Å². The van der Waals surface area contributed by atoms with E-state index in [1.165, 1.54) is 25.5 Å². The molecule has 2 N–H and O–H groups in total.